The Balaban J connectivity index is 1.58. The summed E-state index contributed by atoms with van der Waals surface area (Å²) in [4.78, 5) is 28.7. The number of nitrogens with one attached hydrogen (secondary N) is 1. The number of fused-ring (bicyclic) bond motifs is 3. The molecular weight excluding hydrogens is 398 g/mol. The lowest BCUT2D eigenvalue weighted by Gasteiger charge is -2.10. The van der Waals surface area contributed by atoms with E-state index in [0.29, 0.717) is 16.4 Å². The monoisotopic (exact) mass is 419 g/mol. The fourth-order valence-electron chi connectivity index (χ4n) is 3.43. The number of aryl methyl sites for hydroxylation is 1. The van der Waals surface area contributed by atoms with E-state index in [4.69, 9.17) is 4.98 Å². The Morgan fingerprint density at radius 3 is 2.53 bits per heavy atom. The molecule has 0 bridgehead atoms. The van der Waals surface area contributed by atoms with Gasteiger partial charge >= 0.3 is 0 Å². The van der Waals surface area contributed by atoms with E-state index in [0.717, 1.165) is 28.6 Å². The van der Waals surface area contributed by atoms with Gasteiger partial charge in [-0.05, 0) is 44.2 Å². The van der Waals surface area contributed by atoms with Crippen LogP contribution in [0.2, 0.25) is 0 Å². The number of carbonyl (C=O) groups excluding carboxylic acids is 2. The third-order valence-electron chi connectivity index (χ3n) is 4.81. The molecule has 4 aromatic rings. The van der Waals surface area contributed by atoms with Gasteiger partial charge in [0.05, 0.1) is 10.8 Å². The van der Waals surface area contributed by atoms with E-state index in [-0.39, 0.29) is 16.9 Å². The van der Waals surface area contributed by atoms with Crippen molar-refractivity contribution < 1.29 is 9.59 Å². The summed E-state index contributed by atoms with van der Waals surface area (Å²) in [5.74, 6) is -0.184. The molecule has 152 valence electrons. The average molecular weight is 420 g/mol. The first-order valence-electron chi connectivity index (χ1n) is 9.68. The number of anilines is 1. The number of para-hydroxylation sites is 1. The van der Waals surface area contributed by atoms with Crippen molar-refractivity contribution in [3.8, 4) is 0 Å². The Hall–Kier alpha value is -3.26. The second-order valence-corrected chi connectivity index (χ2v) is 8.22. The summed E-state index contributed by atoms with van der Waals surface area (Å²) in [6, 6.07) is 14.9. The minimum absolute atomic E-state index is 0.0332. The van der Waals surface area contributed by atoms with Gasteiger partial charge in [0, 0.05) is 30.1 Å². The van der Waals surface area contributed by atoms with Gasteiger partial charge in [-0.2, -0.15) is 0 Å². The van der Waals surface area contributed by atoms with Crippen LogP contribution >= 0.6 is 11.8 Å². The molecule has 1 N–H and O–H groups in total. The number of carbonyl (C=O) groups is 2. The summed E-state index contributed by atoms with van der Waals surface area (Å²) in [5, 5.41) is 12.5. The molecule has 4 rings (SSSR count). The zero-order valence-electron chi connectivity index (χ0n) is 16.9. The first-order valence-corrected chi connectivity index (χ1v) is 10.6. The van der Waals surface area contributed by atoms with Crippen LogP contribution in [-0.4, -0.2) is 36.7 Å². The second kappa shape index (κ2) is 8.23. The normalized spacial score (nSPS) is 12.2. The van der Waals surface area contributed by atoms with Gasteiger partial charge in [-0.3, -0.25) is 9.59 Å². The highest BCUT2D eigenvalue weighted by molar-refractivity contribution is 8.00. The van der Waals surface area contributed by atoms with Crippen molar-refractivity contribution in [2.24, 2.45) is 0 Å². The van der Waals surface area contributed by atoms with Gasteiger partial charge in [0.25, 0.3) is 0 Å². The molecule has 1 atom stereocenters. The van der Waals surface area contributed by atoms with E-state index in [1.165, 1.54) is 18.7 Å². The molecule has 0 radical (unpaired) electrons. The fraction of sp³-hybridized carbons (Fsp3) is 0.227. The quantitative estimate of drug-likeness (QED) is 0.370. The maximum absolute atomic E-state index is 12.8. The minimum Gasteiger partial charge on any atom is -0.326 e. The largest absolute Gasteiger partial charge is 0.326 e. The lowest BCUT2D eigenvalue weighted by molar-refractivity contribution is -0.114. The van der Waals surface area contributed by atoms with E-state index in [9.17, 15) is 9.59 Å². The zero-order chi connectivity index (χ0) is 21.3. The number of ketones is 1. The molecule has 30 heavy (non-hydrogen) atoms. The van der Waals surface area contributed by atoms with Crippen LogP contribution in [0.4, 0.5) is 5.69 Å². The van der Waals surface area contributed by atoms with Gasteiger partial charge in [-0.15, -0.1) is 10.2 Å². The summed E-state index contributed by atoms with van der Waals surface area (Å²) in [7, 11) is 0. The topological polar surface area (TPSA) is 89.8 Å². The first kappa shape index (κ1) is 20.0. The van der Waals surface area contributed by atoms with Gasteiger partial charge in [0.1, 0.15) is 5.52 Å². The Kier molecular flexibility index (Phi) is 5.50. The van der Waals surface area contributed by atoms with Crippen molar-refractivity contribution in [3.05, 3.63) is 54.1 Å². The highest BCUT2D eigenvalue weighted by Crippen LogP contribution is 2.29. The number of hydrogen-bond donors (Lipinski definition) is 1. The third-order valence-corrected chi connectivity index (χ3v) is 5.76. The average Bonchev–Trinajstić information content (AvgIpc) is 3.06. The summed E-state index contributed by atoms with van der Waals surface area (Å²) >= 11 is 1.29. The van der Waals surface area contributed by atoms with Crippen molar-refractivity contribution in [2.45, 2.75) is 37.7 Å². The highest BCUT2D eigenvalue weighted by atomic mass is 32.2. The number of aromatic nitrogens is 4. The van der Waals surface area contributed by atoms with Gasteiger partial charge in [-0.1, -0.05) is 30.0 Å². The predicted molar refractivity (Wildman–Crippen MR) is 119 cm³/mol. The van der Waals surface area contributed by atoms with E-state index in [1.807, 2.05) is 31.2 Å². The molecule has 0 aliphatic carbocycles. The minimum atomic E-state index is -0.379. The Labute approximate surface area is 177 Å². The molecule has 0 unspecified atom stereocenters. The van der Waals surface area contributed by atoms with E-state index in [2.05, 4.69) is 27.0 Å². The molecule has 1 amide bonds. The first-order chi connectivity index (χ1) is 14.5. The second-order valence-electron chi connectivity index (χ2n) is 6.91. The molecule has 0 aliphatic heterocycles. The number of hydrogen-bond acceptors (Lipinski definition) is 6. The summed E-state index contributed by atoms with van der Waals surface area (Å²) in [6.45, 7) is 6.11. The Morgan fingerprint density at radius 2 is 1.83 bits per heavy atom. The van der Waals surface area contributed by atoms with Crippen LogP contribution in [0, 0.1) is 0 Å². The van der Waals surface area contributed by atoms with E-state index >= 15 is 0 Å². The van der Waals surface area contributed by atoms with Crippen LogP contribution in [0.25, 0.3) is 22.1 Å². The maximum atomic E-state index is 12.8. The molecule has 2 heterocycles. The van der Waals surface area contributed by atoms with Crippen molar-refractivity contribution in [3.63, 3.8) is 0 Å². The number of amides is 1. The fourth-order valence-corrected chi connectivity index (χ4v) is 4.21. The molecule has 7 nitrogen and oxygen atoms in total. The van der Waals surface area contributed by atoms with Gasteiger partial charge in [0.15, 0.2) is 11.4 Å². The van der Waals surface area contributed by atoms with Crippen molar-refractivity contribution in [1.29, 1.82) is 0 Å². The Bertz CT molecular complexity index is 1250. The third kappa shape index (κ3) is 3.78. The van der Waals surface area contributed by atoms with Crippen LogP contribution < -0.4 is 5.32 Å². The molecule has 0 saturated carbocycles. The van der Waals surface area contributed by atoms with Crippen LogP contribution in [0.15, 0.2) is 53.7 Å². The summed E-state index contributed by atoms with van der Waals surface area (Å²) in [6.07, 6.45) is 0. The molecule has 8 heteroatoms. The van der Waals surface area contributed by atoms with Crippen LogP contribution in [0.5, 0.6) is 0 Å². The van der Waals surface area contributed by atoms with Crippen molar-refractivity contribution in [2.75, 3.05) is 5.32 Å². The number of Topliss-reactive ketones (excluding diaryl/α,β-unsaturated/α-hetero) is 1. The number of benzene rings is 2. The molecule has 0 spiro atoms. The molecule has 2 aromatic carbocycles. The SMILES string of the molecule is CCn1c2ccccc2c2nnc(S[C@H](C)C(=O)c3ccc(NC(C)=O)cc3)nc21. The maximum Gasteiger partial charge on any atom is 0.221 e. The van der Waals surface area contributed by atoms with Gasteiger partial charge in [-0.25, -0.2) is 4.98 Å². The summed E-state index contributed by atoms with van der Waals surface area (Å²) in [5.41, 5.74) is 3.84. The lowest BCUT2D eigenvalue weighted by atomic mass is 10.1. The molecule has 0 aliphatic rings. The van der Waals surface area contributed by atoms with Crippen LogP contribution in [0.3, 0.4) is 0 Å². The van der Waals surface area contributed by atoms with Crippen molar-refractivity contribution in [1.82, 2.24) is 19.7 Å². The lowest BCUT2D eigenvalue weighted by Crippen LogP contribution is -2.14. The predicted octanol–water partition coefficient (Wildman–Crippen LogP) is 4.32. The molecule has 2 aromatic heterocycles. The Morgan fingerprint density at radius 1 is 1.10 bits per heavy atom. The molecule has 0 saturated heterocycles. The van der Waals surface area contributed by atoms with Crippen LogP contribution in [-0.2, 0) is 11.3 Å². The van der Waals surface area contributed by atoms with Crippen LogP contribution in [0.1, 0.15) is 31.1 Å². The van der Waals surface area contributed by atoms with Gasteiger partial charge < -0.3 is 9.88 Å². The van der Waals surface area contributed by atoms with Crippen molar-refractivity contribution >= 4 is 51.2 Å². The molecular formula is C22H21N5O2S. The number of thioether (sulfide) groups is 1. The zero-order valence-corrected chi connectivity index (χ0v) is 17.7. The standard InChI is InChI=1S/C22H21N5O2S/c1-4-27-18-8-6-5-7-17(18)19-21(27)24-22(26-25-19)30-13(2)20(29)15-9-11-16(12-10-15)23-14(3)28/h5-13H,4H2,1-3H3,(H,23,28)/t13-/m1/s1. The highest BCUT2D eigenvalue weighted by Gasteiger charge is 2.20. The number of nitrogens with zero attached hydrogens (tertiary/aromatic N) is 4. The molecule has 0 fully saturated rings. The van der Waals surface area contributed by atoms with E-state index in [1.54, 1.807) is 24.3 Å². The summed E-state index contributed by atoms with van der Waals surface area (Å²) < 4.78 is 2.11. The number of rotatable bonds is 6. The smallest absolute Gasteiger partial charge is 0.221 e. The van der Waals surface area contributed by atoms with E-state index < -0.39 is 0 Å². The van der Waals surface area contributed by atoms with Gasteiger partial charge in [0.2, 0.25) is 11.1 Å².